The van der Waals surface area contributed by atoms with Crippen molar-refractivity contribution < 1.29 is 4.74 Å². The number of nitrogens with one attached hydrogen (secondary N) is 1. The first-order chi connectivity index (χ1) is 9.10. The van der Waals surface area contributed by atoms with E-state index in [0.29, 0.717) is 0 Å². The van der Waals surface area contributed by atoms with Gasteiger partial charge in [-0.1, -0.05) is 6.07 Å². The average molecular weight is 256 g/mol. The van der Waals surface area contributed by atoms with Gasteiger partial charge in [0.25, 0.3) is 0 Å². The Kier molecular flexibility index (Phi) is 4.05. The maximum absolute atomic E-state index is 5.96. The second-order valence-corrected chi connectivity index (χ2v) is 4.75. The highest BCUT2D eigenvalue weighted by Gasteiger charge is 2.06. The van der Waals surface area contributed by atoms with Crippen molar-refractivity contribution in [3.63, 3.8) is 0 Å². The van der Waals surface area contributed by atoms with E-state index in [0.717, 1.165) is 23.7 Å². The quantitative estimate of drug-likeness (QED) is 0.888. The van der Waals surface area contributed by atoms with Crippen LogP contribution in [0.15, 0.2) is 30.6 Å². The minimum Gasteiger partial charge on any atom is -0.455 e. The summed E-state index contributed by atoms with van der Waals surface area (Å²) in [7, 11) is 0. The fraction of sp³-hybridized carbons (Fsp3) is 0.312. The zero-order chi connectivity index (χ0) is 13.8. The lowest BCUT2D eigenvalue weighted by molar-refractivity contribution is 0.476. The van der Waals surface area contributed by atoms with Gasteiger partial charge in [0.05, 0.1) is 18.1 Å². The Balaban J connectivity index is 2.28. The van der Waals surface area contributed by atoms with Gasteiger partial charge in [0.1, 0.15) is 11.5 Å². The van der Waals surface area contributed by atoms with Gasteiger partial charge in [-0.25, -0.2) is 0 Å². The largest absolute Gasteiger partial charge is 0.455 e. The highest BCUT2D eigenvalue weighted by molar-refractivity contribution is 5.48. The SMILES string of the molecule is CCNc1cncc(Oc2cc(C)cc(C)c2C)c1. The minimum absolute atomic E-state index is 0.756. The normalized spacial score (nSPS) is 10.3. The van der Waals surface area contributed by atoms with E-state index in [1.807, 2.05) is 6.07 Å². The summed E-state index contributed by atoms with van der Waals surface area (Å²) in [6.45, 7) is 9.18. The van der Waals surface area contributed by atoms with E-state index in [1.54, 1.807) is 12.4 Å². The Morgan fingerprint density at radius 3 is 2.63 bits per heavy atom. The van der Waals surface area contributed by atoms with Gasteiger partial charge < -0.3 is 10.1 Å². The molecule has 19 heavy (non-hydrogen) atoms. The van der Waals surface area contributed by atoms with Gasteiger partial charge in [-0.05, 0) is 50.5 Å². The van der Waals surface area contributed by atoms with Gasteiger partial charge in [-0.2, -0.15) is 0 Å². The van der Waals surface area contributed by atoms with Crippen LogP contribution in [0.2, 0.25) is 0 Å². The number of nitrogens with zero attached hydrogens (tertiary/aromatic N) is 1. The van der Waals surface area contributed by atoms with Gasteiger partial charge >= 0.3 is 0 Å². The van der Waals surface area contributed by atoms with E-state index in [2.05, 4.69) is 50.1 Å². The van der Waals surface area contributed by atoms with E-state index in [4.69, 9.17) is 4.74 Å². The van der Waals surface area contributed by atoms with Crippen LogP contribution in [0.5, 0.6) is 11.5 Å². The molecule has 2 aromatic rings. The first-order valence-electron chi connectivity index (χ1n) is 6.54. The summed E-state index contributed by atoms with van der Waals surface area (Å²) >= 11 is 0. The van der Waals surface area contributed by atoms with Crippen molar-refractivity contribution in [1.29, 1.82) is 0 Å². The lowest BCUT2D eigenvalue weighted by atomic mass is 10.1. The van der Waals surface area contributed by atoms with Gasteiger partial charge in [-0.15, -0.1) is 0 Å². The van der Waals surface area contributed by atoms with Crippen molar-refractivity contribution in [2.24, 2.45) is 0 Å². The second-order valence-electron chi connectivity index (χ2n) is 4.75. The molecule has 0 amide bonds. The van der Waals surface area contributed by atoms with Crippen molar-refractivity contribution in [3.8, 4) is 11.5 Å². The average Bonchev–Trinajstić information content (AvgIpc) is 2.36. The molecule has 3 heteroatoms. The van der Waals surface area contributed by atoms with Gasteiger partial charge in [0.2, 0.25) is 0 Å². The van der Waals surface area contributed by atoms with Crippen LogP contribution in [0.4, 0.5) is 5.69 Å². The summed E-state index contributed by atoms with van der Waals surface area (Å²) in [4.78, 5) is 4.19. The first kappa shape index (κ1) is 13.4. The Labute approximate surface area is 114 Å². The summed E-state index contributed by atoms with van der Waals surface area (Å²) in [6.07, 6.45) is 3.53. The standard InChI is InChI=1S/C16H20N2O/c1-5-18-14-8-15(10-17-9-14)19-16-7-11(2)6-12(3)13(16)4/h6-10,18H,5H2,1-4H3. The zero-order valence-corrected chi connectivity index (χ0v) is 11.9. The molecule has 1 heterocycles. The highest BCUT2D eigenvalue weighted by atomic mass is 16.5. The predicted octanol–water partition coefficient (Wildman–Crippen LogP) is 4.23. The van der Waals surface area contributed by atoms with E-state index in [-0.39, 0.29) is 0 Å². The third-order valence-electron chi connectivity index (χ3n) is 3.09. The monoisotopic (exact) mass is 256 g/mol. The molecule has 0 spiro atoms. The van der Waals surface area contributed by atoms with Crippen molar-refractivity contribution in [2.75, 3.05) is 11.9 Å². The summed E-state index contributed by atoms with van der Waals surface area (Å²) in [5.41, 5.74) is 4.58. The molecule has 0 radical (unpaired) electrons. The summed E-state index contributed by atoms with van der Waals surface area (Å²) in [6, 6.07) is 6.19. The van der Waals surface area contributed by atoms with Gasteiger partial charge in [-0.3, -0.25) is 4.98 Å². The topological polar surface area (TPSA) is 34.2 Å². The molecule has 0 saturated carbocycles. The second kappa shape index (κ2) is 5.74. The Bertz CT molecular complexity index is 579. The van der Waals surface area contributed by atoms with Crippen LogP contribution >= 0.6 is 0 Å². The number of aryl methyl sites for hydroxylation is 2. The van der Waals surface area contributed by atoms with E-state index in [9.17, 15) is 0 Å². The highest BCUT2D eigenvalue weighted by Crippen LogP contribution is 2.29. The number of aromatic nitrogens is 1. The Morgan fingerprint density at radius 2 is 1.89 bits per heavy atom. The lowest BCUT2D eigenvalue weighted by Gasteiger charge is -2.12. The number of hydrogen-bond donors (Lipinski definition) is 1. The van der Waals surface area contributed by atoms with Crippen LogP contribution in [0.25, 0.3) is 0 Å². The third kappa shape index (κ3) is 3.25. The van der Waals surface area contributed by atoms with E-state index >= 15 is 0 Å². The molecule has 0 fully saturated rings. The maximum atomic E-state index is 5.96. The summed E-state index contributed by atoms with van der Waals surface area (Å²) in [5.74, 6) is 1.65. The van der Waals surface area contributed by atoms with Crippen LogP contribution in [0.3, 0.4) is 0 Å². The molecule has 0 aliphatic rings. The number of hydrogen-bond acceptors (Lipinski definition) is 3. The first-order valence-corrected chi connectivity index (χ1v) is 6.54. The van der Waals surface area contributed by atoms with Crippen LogP contribution in [-0.2, 0) is 0 Å². The van der Waals surface area contributed by atoms with Crippen molar-refractivity contribution >= 4 is 5.69 Å². The Hall–Kier alpha value is -2.03. The molecule has 1 aromatic carbocycles. The molecule has 1 aromatic heterocycles. The molecule has 100 valence electrons. The predicted molar refractivity (Wildman–Crippen MR) is 79.1 cm³/mol. The molecular weight excluding hydrogens is 236 g/mol. The van der Waals surface area contributed by atoms with Crippen LogP contribution in [-0.4, -0.2) is 11.5 Å². The van der Waals surface area contributed by atoms with E-state index in [1.165, 1.54) is 16.7 Å². The molecule has 0 saturated heterocycles. The number of anilines is 1. The molecular formula is C16H20N2O. The zero-order valence-electron chi connectivity index (χ0n) is 11.9. The van der Waals surface area contributed by atoms with Gasteiger partial charge in [0.15, 0.2) is 0 Å². The van der Waals surface area contributed by atoms with Crippen LogP contribution in [0.1, 0.15) is 23.6 Å². The number of ether oxygens (including phenoxy) is 1. The lowest BCUT2D eigenvalue weighted by Crippen LogP contribution is -1.98. The molecule has 0 aliphatic carbocycles. The molecule has 1 N–H and O–H groups in total. The fourth-order valence-corrected chi connectivity index (χ4v) is 2.01. The van der Waals surface area contributed by atoms with Gasteiger partial charge in [0, 0.05) is 12.6 Å². The fourth-order valence-electron chi connectivity index (χ4n) is 2.01. The number of rotatable bonds is 4. The van der Waals surface area contributed by atoms with Crippen LogP contribution < -0.4 is 10.1 Å². The number of benzene rings is 1. The molecule has 0 aliphatic heterocycles. The summed E-state index contributed by atoms with van der Waals surface area (Å²) < 4.78 is 5.96. The Morgan fingerprint density at radius 1 is 1.11 bits per heavy atom. The third-order valence-corrected chi connectivity index (χ3v) is 3.09. The minimum atomic E-state index is 0.756. The molecule has 0 bridgehead atoms. The smallest absolute Gasteiger partial charge is 0.147 e. The van der Waals surface area contributed by atoms with Crippen molar-refractivity contribution in [2.45, 2.75) is 27.7 Å². The van der Waals surface area contributed by atoms with Crippen LogP contribution in [0, 0.1) is 20.8 Å². The molecule has 3 nitrogen and oxygen atoms in total. The van der Waals surface area contributed by atoms with Crippen molar-refractivity contribution in [3.05, 3.63) is 47.3 Å². The summed E-state index contributed by atoms with van der Waals surface area (Å²) in [5, 5.41) is 3.23. The van der Waals surface area contributed by atoms with E-state index < -0.39 is 0 Å². The number of pyridine rings is 1. The molecule has 0 atom stereocenters. The maximum Gasteiger partial charge on any atom is 0.147 e. The van der Waals surface area contributed by atoms with Crippen molar-refractivity contribution in [1.82, 2.24) is 4.98 Å². The molecule has 2 rings (SSSR count). The molecule has 0 unspecified atom stereocenters.